The van der Waals surface area contributed by atoms with Gasteiger partial charge in [0.25, 0.3) is 0 Å². The van der Waals surface area contributed by atoms with Gasteiger partial charge in [-0.2, -0.15) is 0 Å². The lowest BCUT2D eigenvalue weighted by Gasteiger charge is -2.20. The molecule has 4 rings (SSSR count). The highest BCUT2D eigenvalue weighted by atomic mass is 32.2. The van der Waals surface area contributed by atoms with E-state index >= 15 is 0 Å². The Bertz CT molecular complexity index is 1060. The van der Waals surface area contributed by atoms with Gasteiger partial charge in [-0.05, 0) is 89.9 Å². The van der Waals surface area contributed by atoms with Crippen molar-refractivity contribution in [1.29, 1.82) is 0 Å². The molecule has 0 radical (unpaired) electrons. The first kappa shape index (κ1) is 24.6. The van der Waals surface area contributed by atoms with Crippen molar-refractivity contribution in [2.24, 2.45) is 0 Å². The molecule has 0 heterocycles. The molecule has 0 bridgehead atoms. The summed E-state index contributed by atoms with van der Waals surface area (Å²) >= 11 is 1.92. The molecule has 1 aliphatic rings. The van der Waals surface area contributed by atoms with Gasteiger partial charge in [-0.15, -0.1) is 11.8 Å². The lowest BCUT2D eigenvalue weighted by atomic mass is 9.87. The van der Waals surface area contributed by atoms with Crippen molar-refractivity contribution >= 4 is 17.3 Å². The zero-order valence-electron chi connectivity index (χ0n) is 20.2. The Hall–Kier alpha value is -2.53. The van der Waals surface area contributed by atoms with Gasteiger partial charge in [0, 0.05) is 19.1 Å². The number of fused-ring (bicyclic) bond motifs is 1. The number of unbranched alkanes of at least 4 members (excludes halogenated alkanes) is 1. The summed E-state index contributed by atoms with van der Waals surface area (Å²) in [6.45, 7) is 0.598. The molecule has 0 saturated carbocycles. The number of ether oxygens (including phenoxy) is 3. The smallest absolute Gasteiger partial charge is 0.156 e. The molecule has 4 heteroatoms. The van der Waals surface area contributed by atoms with Crippen LogP contribution in [0.5, 0.6) is 5.75 Å². The second kappa shape index (κ2) is 12.8. The van der Waals surface area contributed by atoms with Crippen LogP contribution in [0, 0.1) is 0 Å². The highest BCUT2D eigenvalue weighted by Crippen LogP contribution is 2.35. The van der Waals surface area contributed by atoms with Crippen LogP contribution in [0.1, 0.15) is 47.9 Å². The van der Waals surface area contributed by atoms with Crippen LogP contribution in [-0.2, 0) is 22.5 Å². The van der Waals surface area contributed by atoms with Crippen LogP contribution >= 0.6 is 11.8 Å². The Kier molecular flexibility index (Phi) is 9.26. The van der Waals surface area contributed by atoms with E-state index in [-0.39, 0.29) is 6.29 Å². The van der Waals surface area contributed by atoms with Crippen LogP contribution in [0.15, 0.2) is 83.8 Å². The number of hydrogen-bond donors (Lipinski definition) is 0. The molecule has 34 heavy (non-hydrogen) atoms. The zero-order chi connectivity index (χ0) is 23.6. The van der Waals surface area contributed by atoms with Gasteiger partial charge in [0.1, 0.15) is 12.4 Å². The van der Waals surface area contributed by atoms with Gasteiger partial charge in [-0.25, -0.2) is 0 Å². The van der Waals surface area contributed by atoms with Crippen molar-refractivity contribution in [3.8, 4) is 5.75 Å². The average molecular weight is 475 g/mol. The first-order valence-corrected chi connectivity index (χ1v) is 13.0. The third-order valence-electron chi connectivity index (χ3n) is 6.17. The Balaban J connectivity index is 1.32. The molecule has 0 saturated heterocycles. The van der Waals surface area contributed by atoms with Crippen LogP contribution in [-0.4, -0.2) is 26.3 Å². The lowest BCUT2D eigenvalue weighted by molar-refractivity contribution is -0.106. The number of methoxy groups -OCH3 is 2. The molecule has 1 aliphatic carbocycles. The SMILES string of the molecule is COC(CCCCSc1ccc(C2=CCCc3cc(OCc4ccccc4)ccc32)cc1)OC. The molecular weight excluding hydrogens is 440 g/mol. The monoisotopic (exact) mass is 474 g/mol. The van der Waals surface area contributed by atoms with Gasteiger partial charge in [0.15, 0.2) is 6.29 Å². The summed E-state index contributed by atoms with van der Waals surface area (Å²) in [5, 5.41) is 0. The first-order chi connectivity index (χ1) is 16.8. The Morgan fingerprint density at radius 1 is 0.882 bits per heavy atom. The van der Waals surface area contributed by atoms with Gasteiger partial charge >= 0.3 is 0 Å². The van der Waals surface area contributed by atoms with Crippen molar-refractivity contribution in [2.45, 2.75) is 49.9 Å². The molecule has 0 fully saturated rings. The number of allylic oxidation sites excluding steroid dienone is 1. The highest BCUT2D eigenvalue weighted by molar-refractivity contribution is 7.99. The quantitative estimate of drug-likeness (QED) is 0.154. The third-order valence-corrected chi connectivity index (χ3v) is 7.27. The number of rotatable bonds is 12. The van der Waals surface area contributed by atoms with Gasteiger partial charge in [-0.3, -0.25) is 0 Å². The maximum Gasteiger partial charge on any atom is 0.156 e. The summed E-state index contributed by atoms with van der Waals surface area (Å²) in [7, 11) is 3.40. The number of aryl methyl sites for hydroxylation is 1. The average Bonchev–Trinajstić information content (AvgIpc) is 2.90. The lowest BCUT2D eigenvalue weighted by Crippen LogP contribution is -2.12. The van der Waals surface area contributed by atoms with Crippen molar-refractivity contribution in [1.82, 2.24) is 0 Å². The Morgan fingerprint density at radius 2 is 1.68 bits per heavy atom. The summed E-state index contributed by atoms with van der Waals surface area (Å²) in [4.78, 5) is 1.32. The van der Waals surface area contributed by atoms with Gasteiger partial charge in [0.05, 0.1) is 0 Å². The van der Waals surface area contributed by atoms with Crippen molar-refractivity contribution in [3.05, 3.63) is 101 Å². The topological polar surface area (TPSA) is 27.7 Å². The molecular formula is C30H34O3S. The third kappa shape index (κ3) is 6.75. The molecule has 0 spiro atoms. The van der Waals surface area contributed by atoms with Crippen molar-refractivity contribution < 1.29 is 14.2 Å². The fraction of sp³-hybridized carbons (Fsp3) is 0.333. The zero-order valence-corrected chi connectivity index (χ0v) is 21.0. The minimum Gasteiger partial charge on any atom is -0.489 e. The predicted molar refractivity (Wildman–Crippen MR) is 141 cm³/mol. The van der Waals surface area contributed by atoms with Crippen LogP contribution in [0.3, 0.4) is 0 Å². The molecule has 3 aromatic rings. The van der Waals surface area contributed by atoms with E-state index in [1.54, 1.807) is 14.2 Å². The number of hydrogen-bond acceptors (Lipinski definition) is 4. The molecule has 0 unspecified atom stereocenters. The van der Waals surface area contributed by atoms with E-state index in [1.807, 2.05) is 30.0 Å². The molecule has 178 valence electrons. The van der Waals surface area contributed by atoms with E-state index in [2.05, 4.69) is 60.7 Å². The van der Waals surface area contributed by atoms with Gasteiger partial charge < -0.3 is 14.2 Å². The van der Waals surface area contributed by atoms with Crippen LogP contribution < -0.4 is 4.74 Å². The second-order valence-corrected chi connectivity index (χ2v) is 9.69. The van der Waals surface area contributed by atoms with Crippen molar-refractivity contribution in [3.63, 3.8) is 0 Å². The molecule has 3 nitrogen and oxygen atoms in total. The summed E-state index contributed by atoms with van der Waals surface area (Å²) in [5.74, 6) is 2.05. The summed E-state index contributed by atoms with van der Waals surface area (Å²) in [5.41, 5.74) is 6.49. The maximum absolute atomic E-state index is 6.06. The fourth-order valence-electron chi connectivity index (χ4n) is 4.29. The summed E-state index contributed by atoms with van der Waals surface area (Å²) in [6.07, 6.45) is 7.62. The Labute approximate surface area is 208 Å². The molecule has 3 aromatic carbocycles. The predicted octanol–water partition coefficient (Wildman–Crippen LogP) is 7.52. The molecule has 0 N–H and O–H groups in total. The van der Waals surface area contributed by atoms with E-state index in [0.29, 0.717) is 6.61 Å². The molecule has 0 amide bonds. The highest BCUT2D eigenvalue weighted by Gasteiger charge is 2.15. The second-order valence-electron chi connectivity index (χ2n) is 8.52. The molecule has 0 atom stereocenters. The standard InChI is InChI=1S/C30H34O3S/c1-31-30(32-2)13-6-7-20-34-27-17-14-24(15-18-27)28-12-8-11-25-21-26(16-19-29(25)28)33-22-23-9-4-3-5-10-23/h3-5,9-10,12,14-19,21,30H,6-8,11,13,20,22H2,1-2H3. The molecule has 0 aliphatic heterocycles. The van der Waals surface area contributed by atoms with E-state index < -0.39 is 0 Å². The summed E-state index contributed by atoms with van der Waals surface area (Å²) in [6, 6.07) is 25.9. The van der Waals surface area contributed by atoms with Crippen LogP contribution in [0.2, 0.25) is 0 Å². The Morgan fingerprint density at radius 3 is 2.44 bits per heavy atom. The minimum atomic E-state index is -0.0811. The van der Waals surface area contributed by atoms with E-state index in [0.717, 1.165) is 43.6 Å². The van der Waals surface area contributed by atoms with Gasteiger partial charge in [-0.1, -0.05) is 54.6 Å². The van der Waals surface area contributed by atoms with E-state index in [1.165, 1.54) is 32.7 Å². The summed E-state index contributed by atoms with van der Waals surface area (Å²) < 4.78 is 16.6. The first-order valence-electron chi connectivity index (χ1n) is 12.1. The molecule has 0 aromatic heterocycles. The fourth-order valence-corrected chi connectivity index (χ4v) is 5.20. The number of benzene rings is 3. The van der Waals surface area contributed by atoms with Gasteiger partial charge in [0.2, 0.25) is 0 Å². The minimum absolute atomic E-state index is 0.0811. The largest absolute Gasteiger partial charge is 0.489 e. The van der Waals surface area contributed by atoms with E-state index in [9.17, 15) is 0 Å². The van der Waals surface area contributed by atoms with Crippen molar-refractivity contribution in [2.75, 3.05) is 20.0 Å². The van der Waals surface area contributed by atoms with Crippen LogP contribution in [0.25, 0.3) is 5.57 Å². The normalized spacial score (nSPS) is 13.0. The van der Waals surface area contributed by atoms with Crippen LogP contribution in [0.4, 0.5) is 0 Å². The number of thioether (sulfide) groups is 1. The van der Waals surface area contributed by atoms with E-state index in [4.69, 9.17) is 14.2 Å². The maximum atomic E-state index is 6.06.